The van der Waals surface area contributed by atoms with E-state index in [0.717, 1.165) is 41.1 Å². The molecule has 0 spiro atoms. The average Bonchev–Trinajstić information content (AvgIpc) is 3.38. The molecule has 8 nitrogen and oxygen atoms in total. The van der Waals surface area contributed by atoms with E-state index < -0.39 is 11.6 Å². The highest BCUT2D eigenvalue weighted by Crippen LogP contribution is 2.36. The number of anilines is 1. The van der Waals surface area contributed by atoms with Crippen LogP contribution in [0.25, 0.3) is 27.5 Å². The highest BCUT2D eigenvalue weighted by molar-refractivity contribution is 7.15. The molecule has 32 heavy (non-hydrogen) atoms. The molecule has 0 saturated carbocycles. The summed E-state index contributed by atoms with van der Waals surface area (Å²) in [6.45, 7) is 1.84. The summed E-state index contributed by atoms with van der Waals surface area (Å²) in [4.78, 5) is 6.71. The summed E-state index contributed by atoms with van der Waals surface area (Å²) in [6, 6.07) is 6.62. The third-order valence-electron chi connectivity index (χ3n) is 5.36. The molecule has 11 heteroatoms. The number of nitrogens with one attached hydrogen (secondary N) is 1. The molecule has 3 aromatic heterocycles. The predicted molar refractivity (Wildman–Crippen MR) is 117 cm³/mol. The number of rotatable bonds is 4. The first-order chi connectivity index (χ1) is 15.6. The number of benzene rings is 1. The fourth-order valence-corrected chi connectivity index (χ4v) is 4.92. The van der Waals surface area contributed by atoms with Gasteiger partial charge in [-0.1, -0.05) is 0 Å². The molecular formula is C21H19F2N7OS. The number of aryl methyl sites for hydroxylation is 1. The number of halogens is 2. The first kappa shape index (κ1) is 20.5. The summed E-state index contributed by atoms with van der Waals surface area (Å²) in [5.41, 5.74) is 8.51. The van der Waals surface area contributed by atoms with Crippen molar-refractivity contribution in [3.8, 4) is 33.3 Å². The van der Waals surface area contributed by atoms with Crippen molar-refractivity contribution in [2.24, 2.45) is 0 Å². The Morgan fingerprint density at radius 1 is 1.22 bits per heavy atom. The lowest BCUT2D eigenvalue weighted by molar-refractivity contribution is 0.371. The number of hydrogen-bond acceptors (Lipinski definition) is 8. The van der Waals surface area contributed by atoms with Gasteiger partial charge in [-0.3, -0.25) is 0 Å². The van der Waals surface area contributed by atoms with Gasteiger partial charge in [0.1, 0.15) is 11.5 Å². The minimum atomic E-state index is -1.13. The Bertz CT molecular complexity index is 1280. The number of nitrogen functional groups attached to an aromatic ring is 1. The van der Waals surface area contributed by atoms with Crippen molar-refractivity contribution < 1.29 is 13.5 Å². The molecule has 0 atom stereocenters. The van der Waals surface area contributed by atoms with Gasteiger partial charge in [0.2, 0.25) is 5.82 Å². The summed E-state index contributed by atoms with van der Waals surface area (Å²) in [7, 11) is 1.26. The smallest absolute Gasteiger partial charge is 0.202 e. The second-order valence-electron chi connectivity index (χ2n) is 7.33. The van der Waals surface area contributed by atoms with E-state index in [1.807, 2.05) is 6.07 Å². The van der Waals surface area contributed by atoms with Crippen LogP contribution < -0.4 is 15.8 Å². The maximum atomic E-state index is 14.7. The van der Waals surface area contributed by atoms with E-state index in [1.165, 1.54) is 29.7 Å². The SMILES string of the molecule is COc1ccc(-n2nnnc2-c2cc(-c3cc4c(s3)CCCNC4)cnc2N)c(F)c1F. The van der Waals surface area contributed by atoms with Crippen LogP contribution in [0.15, 0.2) is 30.5 Å². The van der Waals surface area contributed by atoms with E-state index in [0.29, 0.717) is 5.56 Å². The van der Waals surface area contributed by atoms with Crippen LogP contribution in [0.3, 0.4) is 0 Å². The number of aromatic nitrogens is 5. The number of tetrazole rings is 1. The average molecular weight is 455 g/mol. The minimum absolute atomic E-state index is 0.153. The Balaban J connectivity index is 1.58. The van der Waals surface area contributed by atoms with Crippen molar-refractivity contribution in [2.45, 2.75) is 19.4 Å². The van der Waals surface area contributed by atoms with E-state index in [2.05, 4.69) is 31.9 Å². The summed E-state index contributed by atoms with van der Waals surface area (Å²) in [6.07, 6.45) is 3.82. The molecule has 5 rings (SSSR count). The van der Waals surface area contributed by atoms with Crippen LogP contribution in [0.2, 0.25) is 0 Å². The standard InChI is InChI=1S/C21H19F2N7OS/c1-31-15-5-4-14(18(22)19(15)23)30-21(27-28-29-30)13-7-11(10-26-20(13)24)17-8-12-9-25-6-2-3-16(12)32-17/h4-5,7-8,10,25H,2-3,6,9H2,1H3,(H2,24,26). The van der Waals surface area contributed by atoms with Crippen LogP contribution in [0.5, 0.6) is 5.75 Å². The van der Waals surface area contributed by atoms with Gasteiger partial charge in [-0.25, -0.2) is 9.37 Å². The van der Waals surface area contributed by atoms with Gasteiger partial charge in [-0.2, -0.15) is 9.07 Å². The molecule has 1 aliphatic heterocycles. The molecule has 0 amide bonds. The molecule has 0 fully saturated rings. The van der Waals surface area contributed by atoms with E-state index in [4.69, 9.17) is 10.5 Å². The lowest BCUT2D eigenvalue weighted by atomic mass is 10.1. The van der Waals surface area contributed by atoms with E-state index in [9.17, 15) is 8.78 Å². The quantitative estimate of drug-likeness (QED) is 0.486. The van der Waals surface area contributed by atoms with Gasteiger partial charge in [0.15, 0.2) is 17.4 Å². The Labute approximate surface area is 186 Å². The largest absolute Gasteiger partial charge is 0.494 e. The lowest BCUT2D eigenvalue weighted by Crippen LogP contribution is -2.11. The summed E-state index contributed by atoms with van der Waals surface area (Å²) < 4.78 is 34.9. The topological polar surface area (TPSA) is 104 Å². The zero-order chi connectivity index (χ0) is 22.2. The molecule has 1 aromatic carbocycles. The number of hydrogen-bond donors (Lipinski definition) is 2. The Kier molecular flexibility index (Phi) is 5.27. The number of nitrogens with two attached hydrogens (primary N) is 1. The number of nitrogens with zero attached hydrogens (tertiary/aromatic N) is 5. The Morgan fingerprint density at radius 3 is 2.94 bits per heavy atom. The number of pyridine rings is 1. The van der Waals surface area contributed by atoms with E-state index >= 15 is 0 Å². The number of fused-ring (bicyclic) bond motifs is 1. The first-order valence-electron chi connectivity index (χ1n) is 9.96. The molecule has 1 aliphatic rings. The maximum Gasteiger partial charge on any atom is 0.202 e. The first-order valence-corrected chi connectivity index (χ1v) is 10.8. The van der Waals surface area contributed by atoms with Crippen LogP contribution in [0.1, 0.15) is 16.9 Å². The van der Waals surface area contributed by atoms with E-state index in [-0.39, 0.29) is 23.1 Å². The molecule has 3 N–H and O–H groups in total. The molecule has 4 aromatic rings. The van der Waals surface area contributed by atoms with Crippen molar-refractivity contribution in [1.82, 2.24) is 30.5 Å². The Hall–Kier alpha value is -3.44. The zero-order valence-corrected chi connectivity index (χ0v) is 17.9. The molecule has 0 unspecified atom stereocenters. The van der Waals surface area contributed by atoms with E-state index in [1.54, 1.807) is 17.5 Å². The van der Waals surface area contributed by atoms with Crippen molar-refractivity contribution in [1.29, 1.82) is 0 Å². The zero-order valence-electron chi connectivity index (χ0n) is 17.1. The lowest BCUT2D eigenvalue weighted by Gasteiger charge is -2.10. The van der Waals surface area contributed by atoms with Crippen molar-refractivity contribution >= 4 is 17.2 Å². The van der Waals surface area contributed by atoms with Crippen LogP contribution in [0, 0.1) is 11.6 Å². The normalized spacial score (nSPS) is 13.6. The number of thiophene rings is 1. The fraction of sp³-hybridized carbons (Fsp3) is 0.238. The van der Waals surface area contributed by atoms with Crippen LogP contribution in [0.4, 0.5) is 14.6 Å². The minimum Gasteiger partial charge on any atom is -0.494 e. The highest BCUT2D eigenvalue weighted by Gasteiger charge is 2.22. The van der Waals surface area contributed by atoms with Crippen LogP contribution >= 0.6 is 11.3 Å². The van der Waals surface area contributed by atoms with Gasteiger partial charge in [0, 0.05) is 28.1 Å². The maximum absolute atomic E-state index is 14.7. The fourth-order valence-electron chi connectivity index (χ4n) is 3.72. The van der Waals surface area contributed by atoms with Crippen molar-refractivity contribution in [3.63, 3.8) is 0 Å². The Morgan fingerprint density at radius 2 is 2.09 bits per heavy atom. The summed E-state index contributed by atoms with van der Waals surface area (Å²) in [5.74, 6) is -2.13. The van der Waals surface area contributed by atoms with Gasteiger partial charge in [0.05, 0.1) is 12.7 Å². The molecule has 0 radical (unpaired) electrons. The molecule has 164 valence electrons. The highest BCUT2D eigenvalue weighted by atomic mass is 32.1. The molecule has 0 bridgehead atoms. The van der Waals surface area contributed by atoms with Gasteiger partial charge in [-0.05, 0) is 59.6 Å². The predicted octanol–water partition coefficient (Wildman–Crippen LogP) is 3.36. The molecule has 4 heterocycles. The second kappa shape index (κ2) is 8.24. The van der Waals surface area contributed by atoms with Crippen LogP contribution in [-0.2, 0) is 13.0 Å². The van der Waals surface area contributed by atoms with Crippen molar-refractivity contribution in [2.75, 3.05) is 19.4 Å². The van der Waals surface area contributed by atoms with Gasteiger partial charge >= 0.3 is 0 Å². The number of methoxy groups -OCH3 is 1. The van der Waals surface area contributed by atoms with Crippen LogP contribution in [-0.4, -0.2) is 38.8 Å². The van der Waals surface area contributed by atoms with Gasteiger partial charge in [-0.15, -0.1) is 16.4 Å². The third kappa shape index (κ3) is 3.49. The van der Waals surface area contributed by atoms with Gasteiger partial charge < -0.3 is 15.8 Å². The third-order valence-corrected chi connectivity index (χ3v) is 6.64. The summed E-state index contributed by atoms with van der Waals surface area (Å²) >= 11 is 1.72. The second-order valence-corrected chi connectivity index (χ2v) is 8.46. The van der Waals surface area contributed by atoms with Gasteiger partial charge in [0.25, 0.3) is 0 Å². The summed E-state index contributed by atoms with van der Waals surface area (Å²) in [5, 5.41) is 14.9. The molecular weight excluding hydrogens is 436 g/mol. The molecule has 0 saturated heterocycles. The molecule has 0 aliphatic carbocycles. The monoisotopic (exact) mass is 455 g/mol. The number of ether oxygens (including phenoxy) is 1. The van der Waals surface area contributed by atoms with Crippen molar-refractivity contribution in [3.05, 3.63) is 52.5 Å².